The molecule has 0 aromatic heterocycles. The molecule has 0 fully saturated rings. The van der Waals surface area contributed by atoms with Crippen molar-refractivity contribution < 1.29 is 9.53 Å². The van der Waals surface area contributed by atoms with Crippen molar-refractivity contribution in [2.24, 2.45) is 5.41 Å². The van der Waals surface area contributed by atoms with E-state index in [2.05, 4.69) is 20.8 Å². The SMILES string of the molecule is CN(C)CC(=O)OCCCC(C)(C)C. The molecular formula is C11H23NO2. The molecule has 0 heterocycles. The average molecular weight is 201 g/mol. The highest BCUT2D eigenvalue weighted by Gasteiger charge is 2.10. The molecule has 0 rings (SSSR count). The largest absolute Gasteiger partial charge is 0.465 e. The summed E-state index contributed by atoms with van der Waals surface area (Å²) in [5.74, 6) is -0.135. The van der Waals surface area contributed by atoms with Crippen LogP contribution < -0.4 is 0 Å². The van der Waals surface area contributed by atoms with Gasteiger partial charge in [0.2, 0.25) is 0 Å². The Morgan fingerprint density at radius 2 is 1.86 bits per heavy atom. The predicted molar refractivity (Wildman–Crippen MR) is 58.2 cm³/mol. The lowest BCUT2D eigenvalue weighted by molar-refractivity contribution is -0.144. The molecule has 0 aliphatic rings. The zero-order valence-electron chi connectivity index (χ0n) is 10.1. The highest BCUT2D eigenvalue weighted by Crippen LogP contribution is 2.20. The third kappa shape index (κ3) is 9.52. The fourth-order valence-corrected chi connectivity index (χ4v) is 1.09. The Balaban J connectivity index is 3.41. The van der Waals surface area contributed by atoms with E-state index in [0.717, 1.165) is 12.8 Å². The summed E-state index contributed by atoms with van der Waals surface area (Å²) < 4.78 is 5.07. The van der Waals surface area contributed by atoms with E-state index in [1.165, 1.54) is 0 Å². The fraction of sp³-hybridized carbons (Fsp3) is 0.909. The Morgan fingerprint density at radius 1 is 1.29 bits per heavy atom. The molecule has 14 heavy (non-hydrogen) atoms. The number of rotatable bonds is 5. The fourth-order valence-electron chi connectivity index (χ4n) is 1.09. The predicted octanol–water partition coefficient (Wildman–Crippen LogP) is 1.92. The minimum Gasteiger partial charge on any atom is -0.465 e. The van der Waals surface area contributed by atoms with Gasteiger partial charge in [-0.1, -0.05) is 20.8 Å². The van der Waals surface area contributed by atoms with Crippen molar-refractivity contribution in [3.63, 3.8) is 0 Å². The van der Waals surface area contributed by atoms with Gasteiger partial charge in [-0.2, -0.15) is 0 Å². The molecule has 0 aliphatic heterocycles. The second-order valence-electron chi connectivity index (χ2n) is 5.12. The van der Waals surface area contributed by atoms with Gasteiger partial charge in [-0.05, 0) is 32.4 Å². The zero-order chi connectivity index (χ0) is 11.2. The molecule has 0 N–H and O–H groups in total. The lowest BCUT2D eigenvalue weighted by atomic mass is 9.91. The highest BCUT2D eigenvalue weighted by atomic mass is 16.5. The Bertz CT molecular complexity index is 171. The number of nitrogens with zero attached hydrogens (tertiary/aromatic N) is 1. The van der Waals surface area contributed by atoms with Crippen LogP contribution in [0.2, 0.25) is 0 Å². The van der Waals surface area contributed by atoms with Gasteiger partial charge in [0, 0.05) is 0 Å². The molecule has 0 aliphatic carbocycles. The maximum atomic E-state index is 11.1. The van der Waals surface area contributed by atoms with Gasteiger partial charge >= 0.3 is 5.97 Å². The Hall–Kier alpha value is -0.570. The van der Waals surface area contributed by atoms with Gasteiger partial charge < -0.3 is 4.74 Å². The number of hydrogen-bond acceptors (Lipinski definition) is 3. The van der Waals surface area contributed by atoms with Gasteiger partial charge in [-0.3, -0.25) is 9.69 Å². The summed E-state index contributed by atoms with van der Waals surface area (Å²) in [7, 11) is 3.72. The summed E-state index contributed by atoms with van der Waals surface area (Å²) in [6, 6.07) is 0. The maximum Gasteiger partial charge on any atom is 0.320 e. The standard InChI is InChI=1S/C11H23NO2/c1-11(2,3)7-6-8-14-10(13)9-12(4)5/h6-9H2,1-5H3. The van der Waals surface area contributed by atoms with Gasteiger partial charge in [0.1, 0.15) is 0 Å². The number of ether oxygens (including phenoxy) is 1. The summed E-state index contributed by atoms with van der Waals surface area (Å²) in [6.45, 7) is 7.48. The molecule has 0 saturated carbocycles. The van der Waals surface area contributed by atoms with E-state index < -0.39 is 0 Å². The Labute approximate surface area is 87.4 Å². The van der Waals surface area contributed by atoms with E-state index in [0.29, 0.717) is 18.6 Å². The minimum absolute atomic E-state index is 0.135. The number of esters is 1. The molecule has 0 bridgehead atoms. The summed E-state index contributed by atoms with van der Waals surface area (Å²) in [5.41, 5.74) is 0.327. The molecule has 0 radical (unpaired) electrons. The summed E-state index contributed by atoms with van der Waals surface area (Å²) in [6.07, 6.45) is 2.03. The summed E-state index contributed by atoms with van der Waals surface area (Å²) in [5, 5.41) is 0. The third-order valence-electron chi connectivity index (χ3n) is 1.78. The van der Waals surface area contributed by atoms with E-state index in [4.69, 9.17) is 4.74 Å². The van der Waals surface area contributed by atoms with Crippen LogP contribution in [0.15, 0.2) is 0 Å². The second kappa shape index (κ2) is 6.02. The summed E-state index contributed by atoms with van der Waals surface area (Å²) in [4.78, 5) is 12.9. The van der Waals surface area contributed by atoms with E-state index >= 15 is 0 Å². The van der Waals surface area contributed by atoms with Crippen molar-refractivity contribution in [3.05, 3.63) is 0 Å². The zero-order valence-corrected chi connectivity index (χ0v) is 10.1. The van der Waals surface area contributed by atoms with Crippen molar-refractivity contribution in [2.45, 2.75) is 33.6 Å². The lowest BCUT2D eigenvalue weighted by Crippen LogP contribution is -2.24. The number of likely N-dealkylation sites (N-methyl/N-ethyl adjacent to an activating group) is 1. The number of carbonyl (C=O) groups excluding carboxylic acids is 1. The molecule has 0 aromatic carbocycles. The smallest absolute Gasteiger partial charge is 0.320 e. The monoisotopic (exact) mass is 201 g/mol. The molecule has 3 heteroatoms. The molecule has 0 atom stereocenters. The van der Waals surface area contributed by atoms with E-state index in [9.17, 15) is 4.79 Å². The summed E-state index contributed by atoms with van der Waals surface area (Å²) >= 11 is 0. The van der Waals surface area contributed by atoms with Gasteiger partial charge in [0.25, 0.3) is 0 Å². The van der Waals surface area contributed by atoms with Crippen LogP contribution in [-0.4, -0.2) is 38.1 Å². The van der Waals surface area contributed by atoms with Crippen LogP contribution in [0.1, 0.15) is 33.6 Å². The van der Waals surface area contributed by atoms with Gasteiger partial charge in [-0.25, -0.2) is 0 Å². The highest BCUT2D eigenvalue weighted by molar-refractivity contribution is 5.71. The molecule has 0 unspecified atom stereocenters. The molecule has 3 nitrogen and oxygen atoms in total. The Kier molecular flexibility index (Phi) is 5.77. The first-order valence-electron chi connectivity index (χ1n) is 5.11. The maximum absolute atomic E-state index is 11.1. The van der Waals surface area contributed by atoms with E-state index in [1.807, 2.05) is 19.0 Å². The second-order valence-corrected chi connectivity index (χ2v) is 5.12. The first-order chi connectivity index (χ1) is 6.31. The molecular weight excluding hydrogens is 178 g/mol. The first-order valence-corrected chi connectivity index (χ1v) is 5.11. The Morgan fingerprint density at radius 3 is 2.29 bits per heavy atom. The van der Waals surface area contributed by atoms with Crippen LogP contribution in [0.25, 0.3) is 0 Å². The van der Waals surface area contributed by atoms with Crippen molar-refractivity contribution in [2.75, 3.05) is 27.2 Å². The van der Waals surface area contributed by atoms with Crippen LogP contribution in [0.5, 0.6) is 0 Å². The average Bonchev–Trinajstić information content (AvgIpc) is 1.95. The lowest BCUT2D eigenvalue weighted by Gasteiger charge is -2.17. The van der Waals surface area contributed by atoms with Crippen molar-refractivity contribution in [1.29, 1.82) is 0 Å². The van der Waals surface area contributed by atoms with Crippen molar-refractivity contribution in [1.82, 2.24) is 4.90 Å². The molecule has 0 spiro atoms. The van der Waals surface area contributed by atoms with E-state index in [-0.39, 0.29) is 5.97 Å². The van der Waals surface area contributed by atoms with Gasteiger partial charge in [0.15, 0.2) is 0 Å². The van der Waals surface area contributed by atoms with Crippen LogP contribution >= 0.6 is 0 Å². The molecule has 84 valence electrons. The molecule has 0 amide bonds. The van der Waals surface area contributed by atoms with Gasteiger partial charge in [0.05, 0.1) is 13.2 Å². The number of hydrogen-bond donors (Lipinski definition) is 0. The van der Waals surface area contributed by atoms with Crippen molar-refractivity contribution >= 4 is 5.97 Å². The number of carbonyl (C=O) groups is 1. The molecule has 0 saturated heterocycles. The normalized spacial score (nSPS) is 11.9. The quantitative estimate of drug-likeness (QED) is 0.503. The van der Waals surface area contributed by atoms with Crippen LogP contribution in [0, 0.1) is 5.41 Å². The van der Waals surface area contributed by atoms with Gasteiger partial charge in [-0.15, -0.1) is 0 Å². The molecule has 0 aromatic rings. The third-order valence-corrected chi connectivity index (χ3v) is 1.78. The van der Waals surface area contributed by atoms with Crippen molar-refractivity contribution in [3.8, 4) is 0 Å². The minimum atomic E-state index is -0.135. The van der Waals surface area contributed by atoms with Crippen LogP contribution in [-0.2, 0) is 9.53 Å². The van der Waals surface area contributed by atoms with Crippen LogP contribution in [0.3, 0.4) is 0 Å². The topological polar surface area (TPSA) is 29.5 Å². The van der Waals surface area contributed by atoms with Crippen LogP contribution in [0.4, 0.5) is 0 Å². The first kappa shape index (κ1) is 13.4. The van der Waals surface area contributed by atoms with E-state index in [1.54, 1.807) is 0 Å².